The van der Waals surface area contributed by atoms with Crippen molar-refractivity contribution in [2.75, 3.05) is 5.32 Å². The summed E-state index contributed by atoms with van der Waals surface area (Å²) in [6, 6.07) is 7.45. The molecule has 5 nitrogen and oxygen atoms in total. The summed E-state index contributed by atoms with van der Waals surface area (Å²) in [5, 5.41) is 10.2. The maximum absolute atomic E-state index is 12.4. The van der Waals surface area contributed by atoms with Crippen LogP contribution < -0.4 is 5.32 Å². The fraction of sp³-hybridized carbons (Fsp3) is 0.188. The Balaban J connectivity index is 1.86. The summed E-state index contributed by atoms with van der Waals surface area (Å²) in [4.78, 5) is 16.8. The maximum Gasteiger partial charge on any atom is 0.276 e. The molecule has 3 aromatic rings. The van der Waals surface area contributed by atoms with E-state index in [9.17, 15) is 4.79 Å². The van der Waals surface area contributed by atoms with Gasteiger partial charge in [-0.1, -0.05) is 29.8 Å². The largest absolute Gasteiger partial charge is 0.305 e. The highest BCUT2D eigenvalue weighted by Gasteiger charge is 2.17. The van der Waals surface area contributed by atoms with E-state index in [1.165, 1.54) is 11.3 Å². The number of aromatic nitrogens is 3. The van der Waals surface area contributed by atoms with E-state index in [2.05, 4.69) is 15.4 Å². The van der Waals surface area contributed by atoms with E-state index in [0.717, 1.165) is 21.8 Å². The molecule has 0 aliphatic heterocycles. The van der Waals surface area contributed by atoms with Gasteiger partial charge in [-0.2, -0.15) is 5.10 Å². The zero-order chi connectivity index (χ0) is 16.6. The van der Waals surface area contributed by atoms with Crippen LogP contribution in [0.25, 0.3) is 10.6 Å². The van der Waals surface area contributed by atoms with Gasteiger partial charge >= 0.3 is 0 Å². The van der Waals surface area contributed by atoms with Crippen molar-refractivity contribution in [3.8, 4) is 10.6 Å². The summed E-state index contributed by atoms with van der Waals surface area (Å²) in [6.07, 6.45) is 0. The van der Waals surface area contributed by atoms with E-state index in [1.54, 1.807) is 23.2 Å². The number of benzene rings is 1. The standard InChI is InChI=1S/C16H15ClN4OS/c1-9-10(2)20-21(3)14(9)19-15(22)13-8-23-16(18-13)11-6-4-5-7-12(11)17/h4-8H,1-3H3,(H,19,22). The molecule has 1 amide bonds. The van der Waals surface area contributed by atoms with E-state index >= 15 is 0 Å². The minimum absolute atomic E-state index is 0.259. The highest BCUT2D eigenvalue weighted by molar-refractivity contribution is 7.13. The van der Waals surface area contributed by atoms with Gasteiger partial charge in [0.15, 0.2) is 0 Å². The monoisotopic (exact) mass is 346 g/mol. The van der Waals surface area contributed by atoms with Gasteiger partial charge in [0.2, 0.25) is 0 Å². The third-order valence-corrected chi connectivity index (χ3v) is 4.80. The van der Waals surface area contributed by atoms with E-state index in [-0.39, 0.29) is 5.91 Å². The Labute approximate surface area is 142 Å². The van der Waals surface area contributed by atoms with E-state index in [1.807, 2.05) is 32.0 Å². The van der Waals surface area contributed by atoms with Gasteiger partial charge in [0.25, 0.3) is 5.91 Å². The lowest BCUT2D eigenvalue weighted by Crippen LogP contribution is -2.15. The number of hydrogen-bond donors (Lipinski definition) is 1. The van der Waals surface area contributed by atoms with Crippen LogP contribution in [0, 0.1) is 13.8 Å². The second kappa shape index (κ2) is 6.14. The maximum atomic E-state index is 12.4. The van der Waals surface area contributed by atoms with Crippen LogP contribution in [0.5, 0.6) is 0 Å². The van der Waals surface area contributed by atoms with Gasteiger partial charge in [0.05, 0.1) is 10.7 Å². The number of amides is 1. The molecule has 0 bridgehead atoms. The first-order chi connectivity index (χ1) is 11.0. The van der Waals surface area contributed by atoms with Crippen LogP contribution in [-0.2, 0) is 7.05 Å². The summed E-state index contributed by atoms with van der Waals surface area (Å²) in [5.74, 6) is 0.422. The van der Waals surface area contributed by atoms with Crippen molar-refractivity contribution in [3.05, 3.63) is 51.6 Å². The first-order valence-corrected chi connectivity index (χ1v) is 8.25. The summed E-state index contributed by atoms with van der Waals surface area (Å²) >= 11 is 7.57. The Hall–Kier alpha value is -2.18. The van der Waals surface area contributed by atoms with Gasteiger partial charge in [-0.15, -0.1) is 11.3 Å². The van der Waals surface area contributed by atoms with Crippen molar-refractivity contribution < 1.29 is 4.79 Å². The third-order valence-electron chi connectivity index (χ3n) is 3.59. The molecule has 0 saturated carbocycles. The number of thiazole rings is 1. The molecule has 0 atom stereocenters. The first-order valence-electron chi connectivity index (χ1n) is 6.99. The van der Waals surface area contributed by atoms with E-state index < -0.39 is 0 Å². The number of carbonyl (C=O) groups is 1. The molecule has 1 N–H and O–H groups in total. The quantitative estimate of drug-likeness (QED) is 0.777. The molecule has 0 aliphatic rings. The summed E-state index contributed by atoms with van der Waals surface area (Å²) in [5.41, 5.74) is 3.02. The van der Waals surface area contributed by atoms with Crippen LogP contribution in [0.3, 0.4) is 0 Å². The Morgan fingerprint density at radius 2 is 2.04 bits per heavy atom. The van der Waals surface area contributed by atoms with Crippen LogP contribution in [0.1, 0.15) is 21.7 Å². The lowest BCUT2D eigenvalue weighted by atomic mass is 10.2. The molecule has 7 heteroatoms. The van der Waals surface area contributed by atoms with Crippen molar-refractivity contribution in [1.82, 2.24) is 14.8 Å². The third kappa shape index (κ3) is 3.00. The molecule has 3 rings (SSSR count). The van der Waals surface area contributed by atoms with Gasteiger partial charge in [0.1, 0.15) is 16.5 Å². The van der Waals surface area contributed by atoms with Crippen LogP contribution >= 0.6 is 22.9 Å². The topological polar surface area (TPSA) is 59.8 Å². The molecule has 0 saturated heterocycles. The van der Waals surface area contributed by atoms with Gasteiger partial charge in [0, 0.05) is 23.6 Å². The molecule has 0 unspecified atom stereocenters. The van der Waals surface area contributed by atoms with Crippen LogP contribution in [0.15, 0.2) is 29.6 Å². The Kier molecular flexibility index (Phi) is 4.19. The molecule has 2 heterocycles. The second-order valence-corrected chi connectivity index (χ2v) is 6.42. The fourth-order valence-electron chi connectivity index (χ4n) is 2.25. The van der Waals surface area contributed by atoms with Gasteiger partial charge < -0.3 is 5.32 Å². The first kappa shape index (κ1) is 15.7. The molecule has 0 fully saturated rings. The normalized spacial score (nSPS) is 10.8. The van der Waals surface area contributed by atoms with Crippen molar-refractivity contribution in [2.45, 2.75) is 13.8 Å². The average molecular weight is 347 g/mol. The molecule has 23 heavy (non-hydrogen) atoms. The number of hydrogen-bond acceptors (Lipinski definition) is 4. The smallest absolute Gasteiger partial charge is 0.276 e. The van der Waals surface area contributed by atoms with Crippen molar-refractivity contribution in [2.24, 2.45) is 7.05 Å². The number of aryl methyl sites for hydroxylation is 2. The Morgan fingerprint density at radius 1 is 1.30 bits per heavy atom. The number of carbonyl (C=O) groups excluding carboxylic acids is 1. The molecule has 118 valence electrons. The van der Waals surface area contributed by atoms with E-state index in [0.29, 0.717) is 16.5 Å². The molecule has 0 spiro atoms. The van der Waals surface area contributed by atoms with Crippen LogP contribution in [0.4, 0.5) is 5.82 Å². The van der Waals surface area contributed by atoms with Crippen LogP contribution in [0.2, 0.25) is 5.02 Å². The van der Waals surface area contributed by atoms with Crippen molar-refractivity contribution in [3.63, 3.8) is 0 Å². The number of nitrogens with zero attached hydrogens (tertiary/aromatic N) is 3. The fourth-order valence-corrected chi connectivity index (χ4v) is 3.37. The average Bonchev–Trinajstić information content (AvgIpc) is 3.09. The zero-order valence-electron chi connectivity index (χ0n) is 12.9. The van der Waals surface area contributed by atoms with Crippen LogP contribution in [-0.4, -0.2) is 20.7 Å². The summed E-state index contributed by atoms with van der Waals surface area (Å²) in [6.45, 7) is 3.83. The van der Waals surface area contributed by atoms with Gasteiger partial charge in [-0.25, -0.2) is 4.98 Å². The number of rotatable bonds is 3. The molecule has 2 aromatic heterocycles. The SMILES string of the molecule is Cc1nn(C)c(NC(=O)c2csc(-c3ccccc3Cl)n2)c1C. The highest BCUT2D eigenvalue weighted by atomic mass is 35.5. The molecular formula is C16H15ClN4OS. The lowest BCUT2D eigenvalue weighted by molar-refractivity contribution is 0.102. The zero-order valence-corrected chi connectivity index (χ0v) is 14.5. The molecule has 1 aromatic carbocycles. The van der Waals surface area contributed by atoms with Gasteiger partial charge in [-0.05, 0) is 19.9 Å². The Bertz CT molecular complexity index is 884. The Morgan fingerprint density at radius 3 is 2.70 bits per heavy atom. The van der Waals surface area contributed by atoms with Crippen molar-refractivity contribution >= 4 is 34.7 Å². The molecule has 0 aliphatic carbocycles. The predicted octanol–water partition coefficient (Wildman–Crippen LogP) is 4.07. The highest BCUT2D eigenvalue weighted by Crippen LogP contribution is 2.30. The summed E-state index contributed by atoms with van der Waals surface area (Å²) in [7, 11) is 1.80. The lowest BCUT2D eigenvalue weighted by Gasteiger charge is -2.05. The molecule has 0 radical (unpaired) electrons. The minimum atomic E-state index is -0.259. The van der Waals surface area contributed by atoms with Crippen molar-refractivity contribution in [1.29, 1.82) is 0 Å². The number of anilines is 1. The minimum Gasteiger partial charge on any atom is -0.305 e. The number of halogens is 1. The van der Waals surface area contributed by atoms with Gasteiger partial charge in [-0.3, -0.25) is 9.48 Å². The number of nitrogens with one attached hydrogen (secondary N) is 1. The van der Waals surface area contributed by atoms with E-state index in [4.69, 9.17) is 11.6 Å². The predicted molar refractivity (Wildman–Crippen MR) is 93.2 cm³/mol. The molecular weight excluding hydrogens is 332 g/mol. The second-order valence-electron chi connectivity index (χ2n) is 5.15. The summed E-state index contributed by atoms with van der Waals surface area (Å²) < 4.78 is 1.66.